The van der Waals surface area contributed by atoms with Crippen molar-refractivity contribution in [3.63, 3.8) is 0 Å². The van der Waals surface area contributed by atoms with E-state index < -0.39 is 0 Å². The van der Waals surface area contributed by atoms with Gasteiger partial charge in [0.15, 0.2) is 17.2 Å². The first-order valence-corrected chi connectivity index (χ1v) is 11.3. The van der Waals surface area contributed by atoms with Gasteiger partial charge < -0.3 is 19.9 Å². The average molecular weight is 470 g/mol. The van der Waals surface area contributed by atoms with E-state index in [1.54, 1.807) is 24.4 Å². The number of allylic oxidation sites excluding steroid dienone is 1. The average Bonchev–Trinajstić information content (AvgIpc) is 3.13. The van der Waals surface area contributed by atoms with Crippen LogP contribution in [0.1, 0.15) is 41.6 Å². The van der Waals surface area contributed by atoms with Crippen molar-refractivity contribution >= 4 is 23.2 Å². The molecule has 1 amide bonds. The summed E-state index contributed by atoms with van der Waals surface area (Å²) in [5.41, 5.74) is 5.20. The molecule has 1 aliphatic rings. The monoisotopic (exact) mass is 469 g/mol. The van der Waals surface area contributed by atoms with E-state index in [2.05, 4.69) is 22.1 Å². The third-order valence-corrected chi connectivity index (χ3v) is 6.39. The lowest BCUT2D eigenvalue weighted by Crippen LogP contribution is -2.25. The highest BCUT2D eigenvalue weighted by molar-refractivity contribution is 5.90. The van der Waals surface area contributed by atoms with E-state index in [0.717, 1.165) is 28.0 Å². The van der Waals surface area contributed by atoms with E-state index in [9.17, 15) is 9.90 Å². The van der Waals surface area contributed by atoms with Crippen LogP contribution < -0.4 is 14.8 Å². The van der Waals surface area contributed by atoms with Gasteiger partial charge in [0.25, 0.3) is 0 Å². The van der Waals surface area contributed by atoms with E-state index in [0.29, 0.717) is 30.2 Å². The predicted molar refractivity (Wildman–Crippen MR) is 134 cm³/mol. The maximum Gasteiger partial charge on any atom is 0.220 e. The number of aromatic nitrogens is 1. The largest absolute Gasteiger partial charge is 0.502 e. The maximum absolute atomic E-state index is 12.9. The minimum Gasteiger partial charge on any atom is -0.502 e. The minimum atomic E-state index is -0.0809. The number of carbonyl (C=O) groups is 1. The van der Waals surface area contributed by atoms with Crippen LogP contribution in [0, 0.1) is 12.5 Å². The molecule has 0 saturated carbocycles. The second kappa shape index (κ2) is 10.3. The quantitative estimate of drug-likeness (QED) is 0.457. The van der Waals surface area contributed by atoms with E-state index in [1.807, 2.05) is 36.4 Å². The number of fused-ring (bicyclic) bond motifs is 1. The Balaban J connectivity index is 1.66. The summed E-state index contributed by atoms with van der Waals surface area (Å²) in [6.45, 7) is 9.90. The number of phenolic OH excluding ortho intramolecular Hbond substituents is 1. The number of aromatic hydroxyl groups is 1. The number of ether oxygens (including phenoxy) is 2. The standard InChI is InChI=1S/C28H27N3O4/c1-17-22(11-18-12-25(34-3)28(33)26(13-18)35-4)21-9-8-19(29-2)14-24(21)23(17)15-27(32)31-16-20-7-5-6-10-30-20/h5-14,17,23,33H,15-16H2,1,3-4H3,(H,31,32)/b22-11-. The molecule has 0 saturated heterocycles. The number of carbonyl (C=O) groups excluding carboxylic acids is 1. The Morgan fingerprint density at radius 3 is 2.54 bits per heavy atom. The summed E-state index contributed by atoms with van der Waals surface area (Å²) in [6, 6.07) is 14.7. The molecule has 0 spiro atoms. The fraction of sp³-hybridized carbons (Fsp3) is 0.250. The van der Waals surface area contributed by atoms with Crippen LogP contribution in [-0.2, 0) is 11.3 Å². The molecule has 2 N–H and O–H groups in total. The van der Waals surface area contributed by atoms with Crippen molar-refractivity contribution in [1.29, 1.82) is 0 Å². The number of amides is 1. The molecule has 7 heteroatoms. The number of phenols is 1. The molecule has 0 fully saturated rings. The van der Waals surface area contributed by atoms with Crippen molar-refractivity contribution in [2.75, 3.05) is 14.2 Å². The number of nitrogens with one attached hydrogen (secondary N) is 1. The van der Waals surface area contributed by atoms with Gasteiger partial charge in [0.05, 0.1) is 33.0 Å². The van der Waals surface area contributed by atoms with Gasteiger partial charge in [-0.2, -0.15) is 0 Å². The molecule has 2 aromatic carbocycles. The number of hydrogen-bond acceptors (Lipinski definition) is 5. The number of nitrogens with zero attached hydrogens (tertiary/aromatic N) is 2. The van der Waals surface area contributed by atoms with E-state index in [1.165, 1.54) is 14.2 Å². The fourth-order valence-corrected chi connectivity index (χ4v) is 4.56. The highest BCUT2D eigenvalue weighted by atomic mass is 16.5. The lowest BCUT2D eigenvalue weighted by atomic mass is 9.88. The Hall–Kier alpha value is -4.31. The van der Waals surface area contributed by atoms with Crippen molar-refractivity contribution in [2.24, 2.45) is 5.92 Å². The minimum absolute atomic E-state index is 0.0253. The van der Waals surface area contributed by atoms with Crippen LogP contribution in [0.15, 0.2) is 54.7 Å². The summed E-state index contributed by atoms with van der Waals surface area (Å²) in [4.78, 5) is 20.7. The van der Waals surface area contributed by atoms with Crippen LogP contribution in [0.2, 0.25) is 0 Å². The molecule has 1 aliphatic carbocycles. The van der Waals surface area contributed by atoms with Crippen LogP contribution >= 0.6 is 0 Å². The van der Waals surface area contributed by atoms with Crippen LogP contribution in [0.3, 0.4) is 0 Å². The highest BCUT2D eigenvalue weighted by Crippen LogP contribution is 2.50. The summed E-state index contributed by atoms with van der Waals surface area (Å²) >= 11 is 0. The molecule has 1 aromatic heterocycles. The van der Waals surface area contributed by atoms with E-state index in [-0.39, 0.29) is 23.5 Å². The second-order valence-corrected chi connectivity index (χ2v) is 8.45. The Morgan fingerprint density at radius 1 is 1.17 bits per heavy atom. The van der Waals surface area contributed by atoms with Gasteiger partial charge in [-0.3, -0.25) is 9.78 Å². The van der Waals surface area contributed by atoms with Crippen molar-refractivity contribution in [2.45, 2.75) is 25.8 Å². The smallest absolute Gasteiger partial charge is 0.220 e. The third kappa shape index (κ3) is 4.97. The molecule has 4 rings (SSSR count). The van der Waals surface area contributed by atoms with Crippen molar-refractivity contribution in [3.05, 3.63) is 88.5 Å². The van der Waals surface area contributed by atoms with E-state index in [4.69, 9.17) is 16.0 Å². The van der Waals surface area contributed by atoms with Crippen LogP contribution in [0.4, 0.5) is 5.69 Å². The van der Waals surface area contributed by atoms with Crippen molar-refractivity contribution in [3.8, 4) is 17.2 Å². The number of hydrogen-bond donors (Lipinski definition) is 2. The first kappa shape index (κ1) is 23.8. The molecule has 35 heavy (non-hydrogen) atoms. The molecule has 2 unspecified atom stereocenters. The molecular formula is C28H27N3O4. The normalized spacial score (nSPS) is 17.5. The van der Waals surface area contributed by atoms with Gasteiger partial charge in [0.1, 0.15) is 0 Å². The van der Waals surface area contributed by atoms with Crippen molar-refractivity contribution in [1.82, 2.24) is 10.3 Å². The zero-order valence-electron chi connectivity index (χ0n) is 19.9. The van der Waals surface area contributed by atoms with Gasteiger partial charge in [-0.1, -0.05) is 37.3 Å². The van der Waals surface area contributed by atoms with Gasteiger partial charge in [0.2, 0.25) is 11.7 Å². The predicted octanol–water partition coefficient (Wildman–Crippen LogP) is 5.34. The van der Waals surface area contributed by atoms with Gasteiger partial charge >= 0.3 is 0 Å². The third-order valence-electron chi connectivity index (χ3n) is 6.39. The molecule has 3 aromatic rings. The van der Waals surface area contributed by atoms with Gasteiger partial charge in [0, 0.05) is 12.6 Å². The number of methoxy groups -OCH3 is 2. The Bertz CT molecular complexity index is 1290. The summed E-state index contributed by atoms with van der Waals surface area (Å²) in [5.74, 6) is 0.453. The lowest BCUT2D eigenvalue weighted by Gasteiger charge is -2.17. The maximum atomic E-state index is 12.9. The zero-order valence-corrected chi connectivity index (χ0v) is 19.9. The fourth-order valence-electron chi connectivity index (χ4n) is 4.56. The summed E-state index contributed by atoms with van der Waals surface area (Å²) < 4.78 is 10.6. The second-order valence-electron chi connectivity index (χ2n) is 8.45. The lowest BCUT2D eigenvalue weighted by molar-refractivity contribution is -0.121. The molecule has 178 valence electrons. The van der Waals surface area contributed by atoms with Crippen LogP contribution in [0.5, 0.6) is 17.2 Å². The highest BCUT2D eigenvalue weighted by Gasteiger charge is 2.35. The molecule has 0 bridgehead atoms. The first-order valence-electron chi connectivity index (χ1n) is 11.3. The molecule has 0 radical (unpaired) electrons. The number of benzene rings is 2. The number of pyridine rings is 1. The van der Waals surface area contributed by atoms with Crippen LogP contribution in [0.25, 0.3) is 16.5 Å². The van der Waals surface area contributed by atoms with Crippen molar-refractivity contribution < 1.29 is 19.4 Å². The SMILES string of the molecule is [C-]#[N+]c1ccc2c(c1)C(CC(=O)NCc1ccccn1)C(C)/C2=C/c1cc(OC)c(O)c(OC)c1. The van der Waals surface area contributed by atoms with Gasteiger partial charge in [-0.15, -0.1) is 0 Å². The summed E-state index contributed by atoms with van der Waals surface area (Å²) in [7, 11) is 2.98. The molecule has 2 atom stereocenters. The van der Waals surface area contributed by atoms with E-state index >= 15 is 0 Å². The Morgan fingerprint density at radius 2 is 1.91 bits per heavy atom. The zero-order chi connectivity index (χ0) is 24.9. The first-order chi connectivity index (χ1) is 16.9. The van der Waals surface area contributed by atoms with Gasteiger partial charge in [-0.25, -0.2) is 4.85 Å². The molecule has 1 heterocycles. The molecule has 7 nitrogen and oxygen atoms in total. The molecule has 0 aliphatic heterocycles. The number of rotatable bonds is 7. The summed E-state index contributed by atoms with van der Waals surface area (Å²) in [5, 5.41) is 13.2. The molecular weight excluding hydrogens is 442 g/mol. The Kier molecular flexibility index (Phi) is 7.02. The summed E-state index contributed by atoms with van der Waals surface area (Å²) in [6.07, 6.45) is 4.02. The topological polar surface area (TPSA) is 85.0 Å². The Labute approximate surface area is 204 Å². The van der Waals surface area contributed by atoms with Gasteiger partial charge in [-0.05, 0) is 58.4 Å². The van der Waals surface area contributed by atoms with Crippen LogP contribution in [-0.4, -0.2) is 30.2 Å².